The molecular formula is C22H31IN4O3S. The maximum absolute atomic E-state index is 11.6. The summed E-state index contributed by atoms with van der Waals surface area (Å²) in [7, 11) is 0.310. The monoisotopic (exact) mass is 558 g/mol. The van der Waals surface area contributed by atoms with E-state index in [0.717, 1.165) is 48.9 Å². The molecule has 1 heterocycles. The lowest BCUT2D eigenvalue weighted by Gasteiger charge is -2.22. The predicted molar refractivity (Wildman–Crippen MR) is 137 cm³/mol. The zero-order chi connectivity index (χ0) is 21.6. The first kappa shape index (κ1) is 25.3. The van der Waals surface area contributed by atoms with E-state index in [1.54, 1.807) is 26.3 Å². The van der Waals surface area contributed by atoms with Crippen LogP contribution in [0.3, 0.4) is 0 Å². The highest BCUT2D eigenvalue weighted by Crippen LogP contribution is 2.30. The normalized spacial score (nSPS) is 16.5. The van der Waals surface area contributed by atoms with Gasteiger partial charge in [0.1, 0.15) is 5.75 Å². The summed E-state index contributed by atoms with van der Waals surface area (Å²) >= 11 is 0. The Morgan fingerprint density at radius 3 is 2.55 bits per heavy atom. The van der Waals surface area contributed by atoms with Crippen molar-refractivity contribution in [1.29, 1.82) is 0 Å². The average molecular weight is 558 g/mol. The lowest BCUT2D eigenvalue weighted by molar-refractivity contribution is 0.415. The number of nitrogens with zero attached hydrogens (tertiary/aromatic N) is 2. The molecule has 2 aromatic rings. The number of para-hydroxylation sites is 2. The van der Waals surface area contributed by atoms with Crippen molar-refractivity contribution >= 4 is 45.5 Å². The van der Waals surface area contributed by atoms with E-state index in [2.05, 4.69) is 26.6 Å². The van der Waals surface area contributed by atoms with Gasteiger partial charge < -0.3 is 20.3 Å². The van der Waals surface area contributed by atoms with Crippen LogP contribution >= 0.6 is 24.0 Å². The summed E-state index contributed by atoms with van der Waals surface area (Å²) in [5.74, 6) is 1.66. The number of nitrogens with one attached hydrogen (secondary N) is 2. The van der Waals surface area contributed by atoms with Gasteiger partial charge in [0.15, 0.2) is 15.8 Å². The molecule has 0 bridgehead atoms. The molecule has 0 saturated carbocycles. The second-order valence-electron chi connectivity index (χ2n) is 7.41. The molecule has 7 nitrogen and oxygen atoms in total. The van der Waals surface area contributed by atoms with E-state index < -0.39 is 9.84 Å². The van der Waals surface area contributed by atoms with E-state index in [1.807, 2.05) is 30.3 Å². The Labute approximate surface area is 202 Å². The van der Waals surface area contributed by atoms with Crippen molar-refractivity contribution in [3.8, 4) is 5.75 Å². The molecule has 3 rings (SSSR count). The van der Waals surface area contributed by atoms with Crippen LogP contribution in [0.4, 0.5) is 5.69 Å². The number of hydrogen-bond acceptors (Lipinski definition) is 5. The summed E-state index contributed by atoms with van der Waals surface area (Å²) in [5.41, 5.74) is 2.19. The summed E-state index contributed by atoms with van der Waals surface area (Å²) < 4.78 is 28.6. The van der Waals surface area contributed by atoms with Gasteiger partial charge in [-0.1, -0.05) is 24.3 Å². The molecule has 1 aliphatic heterocycles. The quantitative estimate of drug-likeness (QED) is 0.309. The van der Waals surface area contributed by atoms with E-state index >= 15 is 0 Å². The number of aliphatic imine (C=N–C) groups is 1. The van der Waals surface area contributed by atoms with Gasteiger partial charge in [0, 0.05) is 39.0 Å². The van der Waals surface area contributed by atoms with Crippen molar-refractivity contribution in [3.63, 3.8) is 0 Å². The zero-order valence-corrected chi connectivity index (χ0v) is 21.3. The Hall–Kier alpha value is -2.01. The molecule has 1 atom stereocenters. The molecule has 1 aliphatic rings. The van der Waals surface area contributed by atoms with E-state index in [9.17, 15) is 8.42 Å². The van der Waals surface area contributed by atoms with Gasteiger partial charge in [0.25, 0.3) is 0 Å². The van der Waals surface area contributed by atoms with Crippen LogP contribution in [0.2, 0.25) is 0 Å². The van der Waals surface area contributed by atoms with Gasteiger partial charge in [0.05, 0.1) is 17.7 Å². The summed E-state index contributed by atoms with van der Waals surface area (Å²) in [5, 5.41) is 6.84. The van der Waals surface area contributed by atoms with Crippen LogP contribution in [0.5, 0.6) is 5.75 Å². The predicted octanol–water partition coefficient (Wildman–Crippen LogP) is 2.70. The molecule has 1 saturated heterocycles. The highest BCUT2D eigenvalue weighted by Gasteiger charge is 2.25. The number of ether oxygens (including phenoxy) is 1. The molecule has 0 radical (unpaired) electrons. The number of sulfone groups is 1. The standard InChI is InChI=1S/C22H30N4O3S.HI/c1-23-22(24-14-12-17-8-10-19(11-9-17)30(3,27)28)25-18-13-15-26(16-18)20-6-4-5-7-21(20)29-2;/h4-11,18H,12-16H2,1-3H3,(H2,23,24,25);1H. The molecule has 1 fully saturated rings. The van der Waals surface area contributed by atoms with Gasteiger partial charge in [-0.3, -0.25) is 4.99 Å². The topological polar surface area (TPSA) is 83.0 Å². The Bertz CT molecular complexity index is 981. The minimum Gasteiger partial charge on any atom is -0.495 e. The summed E-state index contributed by atoms with van der Waals surface area (Å²) in [6.45, 7) is 2.55. The van der Waals surface area contributed by atoms with E-state index in [0.29, 0.717) is 17.5 Å². The Morgan fingerprint density at radius 2 is 1.90 bits per heavy atom. The van der Waals surface area contributed by atoms with E-state index in [-0.39, 0.29) is 24.0 Å². The molecule has 2 aromatic carbocycles. The Kier molecular flexibility index (Phi) is 9.42. The van der Waals surface area contributed by atoms with Crippen molar-refractivity contribution in [1.82, 2.24) is 10.6 Å². The first-order chi connectivity index (χ1) is 14.4. The van der Waals surface area contributed by atoms with Crippen LogP contribution < -0.4 is 20.3 Å². The van der Waals surface area contributed by atoms with Crippen LogP contribution in [0.25, 0.3) is 0 Å². The lowest BCUT2D eigenvalue weighted by Crippen LogP contribution is -2.45. The van der Waals surface area contributed by atoms with Crippen LogP contribution in [0.1, 0.15) is 12.0 Å². The van der Waals surface area contributed by atoms with Crippen molar-refractivity contribution in [2.75, 3.05) is 44.9 Å². The van der Waals surface area contributed by atoms with Crippen molar-refractivity contribution < 1.29 is 13.2 Å². The fourth-order valence-corrected chi connectivity index (χ4v) is 4.23. The third-order valence-corrected chi connectivity index (χ3v) is 6.36. The number of benzene rings is 2. The fourth-order valence-electron chi connectivity index (χ4n) is 3.60. The molecule has 1 unspecified atom stereocenters. The number of halogens is 1. The zero-order valence-electron chi connectivity index (χ0n) is 18.2. The van der Waals surface area contributed by atoms with Crippen LogP contribution in [-0.4, -0.2) is 60.5 Å². The van der Waals surface area contributed by atoms with E-state index in [4.69, 9.17) is 4.74 Å². The average Bonchev–Trinajstić information content (AvgIpc) is 3.21. The molecule has 0 amide bonds. The van der Waals surface area contributed by atoms with Crippen LogP contribution in [-0.2, 0) is 16.3 Å². The number of rotatable bonds is 7. The van der Waals surface area contributed by atoms with Gasteiger partial charge >= 0.3 is 0 Å². The molecule has 0 aliphatic carbocycles. The number of methoxy groups -OCH3 is 1. The molecule has 170 valence electrons. The van der Waals surface area contributed by atoms with Gasteiger partial charge in [-0.25, -0.2) is 8.42 Å². The molecular weight excluding hydrogens is 527 g/mol. The maximum atomic E-state index is 11.6. The lowest BCUT2D eigenvalue weighted by atomic mass is 10.1. The summed E-state index contributed by atoms with van der Waals surface area (Å²) in [6.07, 6.45) is 3.02. The van der Waals surface area contributed by atoms with E-state index in [1.165, 1.54) is 6.26 Å². The van der Waals surface area contributed by atoms with Crippen LogP contribution in [0.15, 0.2) is 58.4 Å². The molecule has 0 aromatic heterocycles. The van der Waals surface area contributed by atoms with Gasteiger partial charge in [-0.05, 0) is 42.7 Å². The van der Waals surface area contributed by atoms with Crippen molar-refractivity contribution in [3.05, 3.63) is 54.1 Å². The highest BCUT2D eigenvalue weighted by molar-refractivity contribution is 14.0. The Morgan fingerprint density at radius 1 is 1.19 bits per heavy atom. The minimum atomic E-state index is -3.16. The minimum absolute atomic E-state index is 0. The van der Waals surface area contributed by atoms with Crippen molar-refractivity contribution in [2.45, 2.75) is 23.8 Å². The van der Waals surface area contributed by atoms with Gasteiger partial charge in [0.2, 0.25) is 0 Å². The third-order valence-electron chi connectivity index (χ3n) is 5.24. The summed E-state index contributed by atoms with van der Waals surface area (Å²) in [4.78, 5) is 7.00. The first-order valence-corrected chi connectivity index (χ1v) is 11.9. The summed E-state index contributed by atoms with van der Waals surface area (Å²) in [6, 6.07) is 15.4. The smallest absolute Gasteiger partial charge is 0.191 e. The first-order valence-electron chi connectivity index (χ1n) is 10.0. The van der Waals surface area contributed by atoms with Crippen molar-refractivity contribution in [2.24, 2.45) is 4.99 Å². The maximum Gasteiger partial charge on any atom is 0.191 e. The second kappa shape index (κ2) is 11.6. The number of hydrogen-bond donors (Lipinski definition) is 2. The third kappa shape index (κ3) is 6.99. The van der Waals surface area contributed by atoms with Crippen LogP contribution in [0, 0.1) is 0 Å². The highest BCUT2D eigenvalue weighted by atomic mass is 127. The molecule has 2 N–H and O–H groups in total. The van der Waals surface area contributed by atoms with Gasteiger partial charge in [-0.15, -0.1) is 24.0 Å². The largest absolute Gasteiger partial charge is 0.495 e. The SMILES string of the molecule is CN=C(NCCc1ccc(S(C)(=O)=O)cc1)NC1CCN(c2ccccc2OC)C1.I. The fraction of sp³-hybridized carbons (Fsp3) is 0.409. The number of guanidine groups is 1. The van der Waals surface area contributed by atoms with Gasteiger partial charge in [-0.2, -0.15) is 0 Å². The Balaban J connectivity index is 0.00000341. The molecule has 31 heavy (non-hydrogen) atoms. The second-order valence-corrected chi connectivity index (χ2v) is 9.43. The molecule has 9 heteroatoms. The molecule has 0 spiro atoms. The number of anilines is 1.